The SMILES string of the molecule is N#Cc1c(/C=C/C(=O)O)ccc([N+](=O)[O-])c1OC(F)F. The Bertz CT molecular complexity index is 622. The summed E-state index contributed by atoms with van der Waals surface area (Å²) in [6.07, 6.45) is 1.61. The Morgan fingerprint density at radius 2 is 2.20 bits per heavy atom. The molecule has 0 heterocycles. The number of nitro benzene ring substituents is 1. The molecule has 0 aliphatic heterocycles. The minimum absolute atomic E-state index is 0.0869. The number of carboxylic acid groups (broad SMARTS) is 1. The number of halogens is 2. The van der Waals surface area contributed by atoms with Crippen LogP contribution in [0.2, 0.25) is 0 Å². The molecular formula is C11H6F2N2O5. The van der Waals surface area contributed by atoms with Gasteiger partial charge in [0.15, 0.2) is 0 Å². The van der Waals surface area contributed by atoms with Crippen LogP contribution in [-0.2, 0) is 4.79 Å². The highest BCUT2D eigenvalue weighted by molar-refractivity contribution is 5.86. The van der Waals surface area contributed by atoms with Gasteiger partial charge in [0.05, 0.1) is 4.92 Å². The second-order valence-corrected chi connectivity index (χ2v) is 3.30. The fourth-order valence-electron chi connectivity index (χ4n) is 1.35. The van der Waals surface area contributed by atoms with Crippen molar-refractivity contribution in [3.05, 3.63) is 39.4 Å². The summed E-state index contributed by atoms with van der Waals surface area (Å²) in [6, 6.07) is 3.39. The van der Waals surface area contributed by atoms with E-state index in [1.54, 1.807) is 0 Å². The van der Waals surface area contributed by atoms with Crippen LogP contribution in [0.4, 0.5) is 14.5 Å². The molecule has 0 aliphatic carbocycles. The second-order valence-electron chi connectivity index (χ2n) is 3.30. The predicted octanol–water partition coefficient (Wildman–Crippen LogP) is 2.17. The lowest BCUT2D eigenvalue weighted by molar-refractivity contribution is -0.386. The molecule has 0 amide bonds. The molecule has 9 heteroatoms. The van der Waals surface area contributed by atoms with Gasteiger partial charge in [-0.15, -0.1) is 0 Å². The smallest absolute Gasteiger partial charge is 0.387 e. The van der Waals surface area contributed by atoms with Crippen molar-refractivity contribution < 1.29 is 28.3 Å². The maximum atomic E-state index is 12.3. The van der Waals surface area contributed by atoms with Gasteiger partial charge in [-0.1, -0.05) is 0 Å². The molecular weight excluding hydrogens is 278 g/mol. The molecule has 1 aromatic carbocycles. The average Bonchev–Trinajstić information content (AvgIpc) is 2.35. The van der Waals surface area contributed by atoms with E-state index in [4.69, 9.17) is 10.4 Å². The molecule has 0 fully saturated rings. The Balaban J connectivity index is 3.48. The van der Waals surface area contributed by atoms with E-state index in [0.717, 1.165) is 18.2 Å². The van der Waals surface area contributed by atoms with Crippen LogP contribution in [0.15, 0.2) is 18.2 Å². The van der Waals surface area contributed by atoms with Crippen LogP contribution >= 0.6 is 0 Å². The third-order valence-electron chi connectivity index (χ3n) is 2.09. The molecule has 0 aliphatic rings. The lowest BCUT2D eigenvalue weighted by Gasteiger charge is -2.08. The molecule has 0 saturated heterocycles. The Hall–Kier alpha value is -3.02. The lowest BCUT2D eigenvalue weighted by Crippen LogP contribution is -2.07. The number of aliphatic carboxylic acids is 1. The number of nitro groups is 1. The first-order chi connectivity index (χ1) is 9.36. The highest BCUT2D eigenvalue weighted by Crippen LogP contribution is 2.34. The molecule has 0 atom stereocenters. The minimum atomic E-state index is -3.36. The normalized spacial score (nSPS) is 10.5. The Morgan fingerprint density at radius 1 is 1.55 bits per heavy atom. The molecule has 0 aromatic heterocycles. The monoisotopic (exact) mass is 284 g/mol. The van der Waals surface area contributed by atoms with Gasteiger partial charge in [-0.2, -0.15) is 14.0 Å². The quantitative estimate of drug-likeness (QED) is 0.503. The van der Waals surface area contributed by atoms with Crippen LogP contribution in [0.1, 0.15) is 11.1 Å². The third-order valence-corrected chi connectivity index (χ3v) is 2.09. The molecule has 1 N–H and O–H groups in total. The van der Waals surface area contributed by atoms with E-state index in [-0.39, 0.29) is 5.56 Å². The van der Waals surface area contributed by atoms with Crippen molar-refractivity contribution >= 4 is 17.7 Å². The summed E-state index contributed by atoms with van der Waals surface area (Å²) in [4.78, 5) is 20.1. The Morgan fingerprint density at radius 3 is 2.65 bits per heavy atom. The molecule has 0 bridgehead atoms. The van der Waals surface area contributed by atoms with Gasteiger partial charge < -0.3 is 9.84 Å². The first-order valence-corrected chi connectivity index (χ1v) is 4.94. The number of carboxylic acids is 1. The number of carbonyl (C=O) groups is 1. The van der Waals surface area contributed by atoms with E-state index in [9.17, 15) is 23.7 Å². The van der Waals surface area contributed by atoms with Gasteiger partial charge in [-0.25, -0.2) is 4.79 Å². The number of nitrogens with zero attached hydrogens (tertiary/aromatic N) is 2. The number of rotatable bonds is 5. The maximum Gasteiger partial charge on any atom is 0.387 e. The van der Waals surface area contributed by atoms with Gasteiger partial charge in [0.2, 0.25) is 5.75 Å². The molecule has 1 rings (SSSR count). The van der Waals surface area contributed by atoms with Crippen LogP contribution in [0.3, 0.4) is 0 Å². The number of hydrogen-bond donors (Lipinski definition) is 1. The van der Waals surface area contributed by atoms with Crippen molar-refractivity contribution in [2.45, 2.75) is 6.61 Å². The van der Waals surface area contributed by atoms with E-state index in [1.807, 2.05) is 0 Å². The fraction of sp³-hybridized carbons (Fsp3) is 0.0909. The first kappa shape index (κ1) is 15.0. The van der Waals surface area contributed by atoms with Crippen LogP contribution in [-0.4, -0.2) is 22.6 Å². The lowest BCUT2D eigenvalue weighted by atomic mass is 10.1. The topological polar surface area (TPSA) is 113 Å². The van der Waals surface area contributed by atoms with Crippen molar-refractivity contribution in [3.63, 3.8) is 0 Å². The van der Waals surface area contributed by atoms with Crippen LogP contribution in [0.5, 0.6) is 5.75 Å². The van der Waals surface area contributed by atoms with Crippen LogP contribution < -0.4 is 4.74 Å². The highest BCUT2D eigenvalue weighted by atomic mass is 19.3. The molecule has 0 saturated carbocycles. The molecule has 0 unspecified atom stereocenters. The zero-order valence-electron chi connectivity index (χ0n) is 9.62. The van der Waals surface area contributed by atoms with Crippen molar-refractivity contribution in [1.29, 1.82) is 5.26 Å². The molecule has 1 aromatic rings. The van der Waals surface area contributed by atoms with Crippen molar-refractivity contribution in [1.82, 2.24) is 0 Å². The Labute approximate surface area is 110 Å². The van der Waals surface area contributed by atoms with E-state index in [1.165, 1.54) is 6.07 Å². The summed E-state index contributed by atoms with van der Waals surface area (Å²) in [5, 5.41) is 28.1. The van der Waals surface area contributed by atoms with Gasteiger partial charge in [-0.05, 0) is 17.7 Å². The molecule has 7 nitrogen and oxygen atoms in total. The number of hydrogen-bond acceptors (Lipinski definition) is 5. The zero-order chi connectivity index (χ0) is 15.3. The van der Waals surface area contributed by atoms with E-state index in [2.05, 4.69) is 4.74 Å². The summed E-state index contributed by atoms with van der Waals surface area (Å²) >= 11 is 0. The maximum absolute atomic E-state index is 12.3. The van der Waals surface area contributed by atoms with Gasteiger partial charge in [0.25, 0.3) is 0 Å². The Kier molecular flexibility index (Phi) is 4.69. The number of nitriles is 1. The standard InChI is InChI=1S/C11H6F2N2O5/c12-11(13)20-10-7(5-14)6(2-4-9(16)17)1-3-8(10)15(18)19/h1-4,11H,(H,16,17)/b4-2+. The summed E-state index contributed by atoms with van der Waals surface area (Å²) < 4.78 is 28.5. The molecule has 20 heavy (non-hydrogen) atoms. The van der Waals surface area contributed by atoms with Crippen molar-refractivity contribution in [3.8, 4) is 11.8 Å². The van der Waals surface area contributed by atoms with Crippen molar-refractivity contribution in [2.24, 2.45) is 0 Å². The van der Waals surface area contributed by atoms with E-state index in [0.29, 0.717) is 6.08 Å². The number of ether oxygens (including phenoxy) is 1. The largest absolute Gasteiger partial charge is 0.478 e. The van der Waals surface area contributed by atoms with E-state index < -0.39 is 34.5 Å². The summed E-state index contributed by atoms with van der Waals surface area (Å²) in [5.41, 5.74) is -1.44. The minimum Gasteiger partial charge on any atom is -0.478 e. The van der Waals surface area contributed by atoms with Gasteiger partial charge in [-0.3, -0.25) is 10.1 Å². The summed E-state index contributed by atoms with van der Waals surface area (Å²) in [6.45, 7) is -3.36. The zero-order valence-corrected chi connectivity index (χ0v) is 9.62. The highest BCUT2D eigenvalue weighted by Gasteiger charge is 2.24. The average molecular weight is 284 g/mol. The van der Waals surface area contributed by atoms with E-state index >= 15 is 0 Å². The van der Waals surface area contributed by atoms with Crippen LogP contribution in [0, 0.1) is 21.4 Å². The second kappa shape index (κ2) is 6.24. The molecule has 104 valence electrons. The number of benzene rings is 1. The summed E-state index contributed by atoms with van der Waals surface area (Å²) in [7, 11) is 0. The number of alkyl halides is 2. The molecule has 0 radical (unpaired) electrons. The third kappa shape index (κ3) is 3.49. The van der Waals surface area contributed by atoms with Crippen molar-refractivity contribution in [2.75, 3.05) is 0 Å². The molecule has 0 spiro atoms. The summed E-state index contributed by atoms with van der Waals surface area (Å²) in [5.74, 6) is -2.23. The van der Waals surface area contributed by atoms with Gasteiger partial charge in [0.1, 0.15) is 11.6 Å². The first-order valence-electron chi connectivity index (χ1n) is 4.94. The van der Waals surface area contributed by atoms with Crippen LogP contribution in [0.25, 0.3) is 6.08 Å². The predicted molar refractivity (Wildman–Crippen MR) is 61.1 cm³/mol. The fourth-order valence-corrected chi connectivity index (χ4v) is 1.35. The van der Waals surface area contributed by atoms with Gasteiger partial charge >= 0.3 is 18.3 Å². The van der Waals surface area contributed by atoms with Gasteiger partial charge in [0, 0.05) is 12.1 Å².